The summed E-state index contributed by atoms with van der Waals surface area (Å²) in [5, 5.41) is 6.28. The van der Waals surface area contributed by atoms with Crippen LogP contribution < -0.4 is 15.4 Å². The summed E-state index contributed by atoms with van der Waals surface area (Å²) in [6.07, 6.45) is 1.55. The van der Waals surface area contributed by atoms with Crippen molar-refractivity contribution in [3.63, 3.8) is 0 Å². The van der Waals surface area contributed by atoms with Gasteiger partial charge in [0.1, 0.15) is 5.75 Å². The van der Waals surface area contributed by atoms with Crippen molar-refractivity contribution in [3.8, 4) is 5.75 Å². The van der Waals surface area contributed by atoms with Crippen molar-refractivity contribution in [1.29, 1.82) is 0 Å². The van der Waals surface area contributed by atoms with Crippen LogP contribution in [-0.2, 0) is 9.53 Å². The number of rotatable bonds is 5. The highest BCUT2D eigenvalue weighted by Crippen LogP contribution is 2.32. The first-order chi connectivity index (χ1) is 10.1. The number of carbonyl (C=O) groups is 1. The minimum atomic E-state index is -0.463. The van der Waals surface area contributed by atoms with Crippen molar-refractivity contribution >= 4 is 27.5 Å². The molecular formula is C15H21BrN2O3. The van der Waals surface area contributed by atoms with Crippen LogP contribution in [-0.4, -0.2) is 39.8 Å². The second-order valence-corrected chi connectivity index (χ2v) is 6.21. The lowest BCUT2D eigenvalue weighted by Crippen LogP contribution is -2.47. The van der Waals surface area contributed by atoms with Gasteiger partial charge in [-0.2, -0.15) is 0 Å². The smallest absolute Gasteiger partial charge is 0.233 e. The average molecular weight is 357 g/mol. The summed E-state index contributed by atoms with van der Waals surface area (Å²) in [7, 11) is 3.24. The Morgan fingerprint density at radius 1 is 1.33 bits per heavy atom. The minimum absolute atomic E-state index is 0.00556. The minimum Gasteiger partial charge on any atom is -0.497 e. The quantitative estimate of drug-likeness (QED) is 0.850. The van der Waals surface area contributed by atoms with Gasteiger partial charge in [-0.1, -0.05) is 15.9 Å². The van der Waals surface area contributed by atoms with E-state index in [1.54, 1.807) is 14.2 Å². The summed E-state index contributed by atoms with van der Waals surface area (Å²) in [5.74, 6) is 0.705. The maximum atomic E-state index is 12.7. The zero-order valence-corrected chi connectivity index (χ0v) is 14.0. The molecule has 1 saturated heterocycles. The van der Waals surface area contributed by atoms with Crippen LogP contribution in [0.5, 0.6) is 5.75 Å². The number of anilines is 1. The number of ether oxygens (including phenoxy) is 2. The van der Waals surface area contributed by atoms with E-state index in [0.717, 1.165) is 36.1 Å². The van der Waals surface area contributed by atoms with E-state index in [1.807, 2.05) is 18.2 Å². The second kappa shape index (κ2) is 7.24. The third-order valence-electron chi connectivity index (χ3n) is 3.83. The number of hydrogen-bond donors (Lipinski definition) is 2. The Hall–Kier alpha value is -1.11. The van der Waals surface area contributed by atoms with Gasteiger partial charge in [0.15, 0.2) is 0 Å². The van der Waals surface area contributed by atoms with Crippen molar-refractivity contribution in [2.24, 2.45) is 5.41 Å². The van der Waals surface area contributed by atoms with Gasteiger partial charge in [0.2, 0.25) is 5.91 Å². The van der Waals surface area contributed by atoms with Crippen molar-refractivity contribution in [2.75, 3.05) is 39.2 Å². The molecule has 1 fully saturated rings. The van der Waals surface area contributed by atoms with E-state index >= 15 is 0 Å². The van der Waals surface area contributed by atoms with Gasteiger partial charge in [-0.15, -0.1) is 0 Å². The highest BCUT2D eigenvalue weighted by atomic mass is 79.9. The topological polar surface area (TPSA) is 59.6 Å². The van der Waals surface area contributed by atoms with Gasteiger partial charge in [0.05, 0.1) is 19.1 Å². The molecule has 1 heterocycles. The van der Waals surface area contributed by atoms with Crippen molar-refractivity contribution in [3.05, 3.63) is 22.7 Å². The average Bonchev–Trinajstić information content (AvgIpc) is 2.47. The zero-order valence-electron chi connectivity index (χ0n) is 12.4. The Morgan fingerprint density at radius 2 is 2.05 bits per heavy atom. The molecule has 21 heavy (non-hydrogen) atoms. The monoisotopic (exact) mass is 356 g/mol. The maximum Gasteiger partial charge on any atom is 0.233 e. The van der Waals surface area contributed by atoms with Crippen LogP contribution in [0, 0.1) is 5.41 Å². The summed E-state index contributed by atoms with van der Waals surface area (Å²) in [4.78, 5) is 12.7. The van der Waals surface area contributed by atoms with E-state index in [2.05, 4.69) is 26.6 Å². The number of methoxy groups -OCH3 is 2. The molecule has 0 spiro atoms. The molecule has 116 valence electrons. The molecule has 0 atom stereocenters. The first kappa shape index (κ1) is 16.3. The molecule has 1 aromatic rings. The molecule has 0 aromatic heterocycles. The summed E-state index contributed by atoms with van der Waals surface area (Å²) < 4.78 is 11.4. The molecular weight excluding hydrogens is 336 g/mol. The van der Waals surface area contributed by atoms with Crippen LogP contribution >= 0.6 is 15.9 Å². The largest absolute Gasteiger partial charge is 0.497 e. The third-order valence-corrected chi connectivity index (χ3v) is 4.29. The molecule has 1 aliphatic heterocycles. The molecule has 1 aromatic carbocycles. The zero-order chi connectivity index (χ0) is 15.3. The van der Waals surface area contributed by atoms with Gasteiger partial charge in [-0.3, -0.25) is 4.79 Å². The van der Waals surface area contributed by atoms with Gasteiger partial charge in [-0.05, 0) is 38.1 Å². The number of carbonyl (C=O) groups excluding carboxylic acids is 1. The Balaban J connectivity index is 2.16. The number of benzene rings is 1. The van der Waals surface area contributed by atoms with Gasteiger partial charge in [0, 0.05) is 23.3 Å². The van der Waals surface area contributed by atoms with Crippen LogP contribution in [0.25, 0.3) is 0 Å². The second-order valence-electron chi connectivity index (χ2n) is 5.30. The first-order valence-electron chi connectivity index (χ1n) is 6.95. The van der Waals surface area contributed by atoms with E-state index in [0.29, 0.717) is 12.4 Å². The molecule has 0 bridgehead atoms. The highest BCUT2D eigenvalue weighted by molar-refractivity contribution is 9.10. The molecule has 2 rings (SSSR count). The molecule has 5 nitrogen and oxygen atoms in total. The van der Waals surface area contributed by atoms with Gasteiger partial charge in [-0.25, -0.2) is 0 Å². The molecule has 0 aliphatic carbocycles. The Bertz CT molecular complexity index is 496. The van der Waals surface area contributed by atoms with Crippen molar-refractivity contribution in [2.45, 2.75) is 12.8 Å². The number of nitrogens with one attached hydrogen (secondary N) is 2. The summed E-state index contributed by atoms with van der Waals surface area (Å²) in [5.41, 5.74) is 0.260. The molecule has 0 radical (unpaired) electrons. The van der Waals surface area contributed by atoms with Crippen LogP contribution in [0.4, 0.5) is 5.69 Å². The lowest BCUT2D eigenvalue weighted by Gasteiger charge is -2.35. The van der Waals surface area contributed by atoms with E-state index in [9.17, 15) is 4.79 Å². The first-order valence-corrected chi connectivity index (χ1v) is 7.75. The van der Waals surface area contributed by atoms with Gasteiger partial charge >= 0.3 is 0 Å². The Morgan fingerprint density at radius 3 is 2.67 bits per heavy atom. The number of halogens is 1. The van der Waals surface area contributed by atoms with Crippen LogP contribution in [0.3, 0.4) is 0 Å². The fourth-order valence-corrected chi connectivity index (χ4v) is 3.11. The Labute approximate surface area is 133 Å². The fraction of sp³-hybridized carbons (Fsp3) is 0.533. The molecule has 2 N–H and O–H groups in total. The van der Waals surface area contributed by atoms with Crippen LogP contribution in [0.1, 0.15) is 12.8 Å². The van der Waals surface area contributed by atoms with Crippen molar-refractivity contribution < 1.29 is 14.3 Å². The standard InChI is InChI=1S/C15H21BrN2O3/c1-20-10-15(3-5-17-6-4-15)14(19)18-12-7-11(16)8-13(9-12)21-2/h7-9,17H,3-6,10H2,1-2H3,(H,18,19). The molecule has 0 unspecified atom stereocenters. The van der Waals surface area contributed by atoms with Crippen molar-refractivity contribution in [1.82, 2.24) is 5.32 Å². The molecule has 0 saturated carbocycles. The maximum absolute atomic E-state index is 12.7. The summed E-state index contributed by atoms with van der Waals surface area (Å²) in [6.45, 7) is 2.10. The number of hydrogen-bond acceptors (Lipinski definition) is 4. The lowest BCUT2D eigenvalue weighted by molar-refractivity contribution is -0.130. The van der Waals surface area contributed by atoms with E-state index < -0.39 is 5.41 Å². The fourth-order valence-electron chi connectivity index (χ4n) is 2.63. The van der Waals surface area contributed by atoms with Gasteiger partial charge in [0.25, 0.3) is 0 Å². The number of amides is 1. The molecule has 1 amide bonds. The molecule has 1 aliphatic rings. The molecule has 6 heteroatoms. The van der Waals surface area contributed by atoms with E-state index in [1.165, 1.54) is 0 Å². The van der Waals surface area contributed by atoms with E-state index in [4.69, 9.17) is 9.47 Å². The summed E-state index contributed by atoms with van der Waals surface area (Å²) in [6, 6.07) is 5.53. The SMILES string of the molecule is COCC1(C(=O)Nc2cc(Br)cc(OC)c2)CCNCC1. The summed E-state index contributed by atoms with van der Waals surface area (Å²) >= 11 is 3.42. The highest BCUT2D eigenvalue weighted by Gasteiger charge is 2.39. The van der Waals surface area contributed by atoms with Gasteiger partial charge < -0.3 is 20.1 Å². The Kier molecular flexibility index (Phi) is 5.61. The van der Waals surface area contributed by atoms with E-state index in [-0.39, 0.29) is 5.91 Å². The lowest BCUT2D eigenvalue weighted by atomic mass is 9.78. The van der Waals surface area contributed by atoms with Crippen LogP contribution in [0.2, 0.25) is 0 Å². The number of piperidine rings is 1. The van der Waals surface area contributed by atoms with Crippen LogP contribution in [0.15, 0.2) is 22.7 Å². The third kappa shape index (κ3) is 3.96. The predicted octanol–water partition coefficient (Wildman–Crippen LogP) is 2.41. The predicted molar refractivity (Wildman–Crippen MR) is 85.7 cm³/mol. The normalized spacial score (nSPS) is 17.3.